The number of halogens is 2. The number of anilines is 1. The number of carbonyl (C=O) groups excluding carboxylic acids is 1. The van der Waals surface area contributed by atoms with Gasteiger partial charge in [-0.05, 0) is 36.8 Å². The van der Waals surface area contributed by atoms with Crippen LogP contribution in [0.15, 0.2) is 59.7 Å². The minimum absolute atomic E-state index is 0.0249. The molecule has 1 saturated heterocycles. The smallest absolute Gasteiger partial charge is 0.254 e. The fourth-order valence-electron chi connectivity index (χ4n) is 3.69. The second kappa shape index (κ2) is 9.12. The molecule has 0 spiro atoms. The van der Waals surface area contributed by atoms with Gasteiger partial charge >= 0.3 is 0 Å². The van der Waals surface area contributed by atoms with E-state index in [2.05, 4.69) is 16.8 Å². The first-order chi connectivity index (χ1) is 14.9. The summed E-state index contributed by atoms with van der Waals surface area (Å²) >= 11 is 12.0. The number of aromatic nitrogens is 2. The van der Waals surface area contributed by atoms with Gasteiger partial charge in [0, 0.05) is 53.5 Å². The zero-order valence-electron chi connectivity index (χ0n) is 17.1. The summed E-state index contributed by atoms with van der Waals surface area (Å²) < 4.78 is 1.34. The van der Waals surface area contributed by atoms with Crippen molar-refractivity contribution < 1.29 is 4.79 Å². The van der Waals surface area contributed by atoms with Crippen LogP contribution in [0.2, 0.25) is 10.0 Å². The predicted octanol–water partition coefficient (Wildman–Crippen LogP) is 3.87. The van der Waals surface area contributed by atoms with Gasteiger partial charge in [0.05, 0.1) is 12.0 Å². The van der Waals surface area contributed by atoms with Crippen molar-refractivity contribution in [1.82, 2.24) is 14.5 Å². The molecule has 1 aliphatic heterocycles. The summed E-state index contributed by atoms with van der Waals surface area (Å²) in [5, 5.41) is 1.32. The van der Waals surface area contributed by atoms with Gasteiger partial charge in [-0.1, -0.05) is 41.4 Å². The molecule has 2 aromatic carbocycles. The van der Waals surface area contributed by atoms with Crippen LogP contribution in [0, 0.1) is 6.92 Å². The molecule has 160 valence electrons. The molecule has 0 radical (unpaired) electrons. The molecule has 2 heterocycles. The zero-order valence-corrected chi connectivity index (χ0v) is 18.6. The molecule has 8 heteroatoms. The van der Waals surface area contributed by atoms with Crippen molar-refractivity contribution in [3.63, 3.8) is 0 Å². The Morgan fingerprint density at radius 2 is 1.65 bits per heavy atom. The van der Waals surface area contributed by atoms with Crippen LogP contribution < -0.4 is 10.5 Å². The summed E-state index contributed by atoms with van der Waals surface area (Å²) in [6.45, 7) is 4.65. The third-order valence-electron chi connectivity index (χ3n) is 5.47. The van der Waals surface area contributed by atoms with Gasteiger partial charge in [0.25, 0.3) is 5.56 Å². The number of hydrogen-bond acceptors (Lipinski definition) is 4. The first kappa shape index (κ1) is 21.4. The molecule has 0 aliphatic carbocycles. The van der Waals surface area contributed by atoms with Crippen LogP contribution in [0.4, 0.5) is 5.69 Å². The van der Waals surface area contributed by atoms with E-state index >= 15 is 0 Å². The SMILES string of the molecule is Cc1ccc(Cl)cc1N1CCN(C(=O)Cn2cnc(-c3ccc(Cl)cc3)cc2=O)CC1. The standard InChI is InChI=1S/C23H22Cl2N4O2/c1-16-2-5-19(25)12-21(16)27-8-10-28(11-9-27)23(31)14-29-15-26-20(13-22(29)30)17-3-6-18(24)7-4-17/h2-7,12-13,15H,8-11,14H2,1H3. The van der Waals surface area contributed by atoms with Gasteiger partial charge in [0.15, 0.2) is 0 Å². The van der Waals surface area contributed by atoms with E-state index in [-0.39, 0.29) is 18.0 Å². The number of amides is 1. The average molecular weight is 457 g/mol. The maximum absolute atomic E-state index is 12.8. The third kappa shape index (κ3) is 4.92. The van der Waals surface area contributed by atoms with Crippen LogP contribution >= 0.6 is 23.2 Å². The normalized spacial score (nSPS) is 14.0. The quantitative estimate of drug-likeness (QED) is 0.597. The van der Waals surface area contributed by atoms with Crippen molar-refractivity contribution in [1.29, 1.82) is 0 Å². The zero-order chi connectivity index (χ0) is 22.0. The number of hydrogen-bond donors (Lipinski definition) is 0. The van der Waals surface area contributed by atoms with Crippen molar-refractivity contribution in [3.05, 3.63) is 80.8 Å². The molecule has 3 aromatic rings. The van der Waals surface area contributed by atoms with Gasteiger partial charge in [0.2, 0.25) is 5.91 Å². The molecule has 31 heavy (non-hydrogen) atoms. The van der Waals surface area contributed by atoms with Crippen molar-refractivity contribution in [2.45, 2.75) is 13.5 Å². The summed E-state index contributed by atoms with van der Waals surface area (Å²) in [5.74, 6) is -0.0920. The van der Waals surface area contributed by atoms with Crippen molar-refractivity contribution >= 4 is 34.8 Å². The molecule has 0 bridgehead atoms. The van der Waals surface area contributed by atoms with Gasteiger partial charge in [-0.3, -0.25) is 14.2 Å². The number of aryl methyl sites for hydroxylation is 1. The topological polar surface area (TPSA) is 58.4 Å². The second-order valence-electron chi connectivity index (χ2n) is 7.55. The Balaban J connectivity index is 1.39. The Bertz CT molecular complexity index is 1150. The first-order valence-corrected chi connectivity index (χ1v) is 10.8. The lowest BCUT2D eigenvalue weighted by molar-refractivity contribution is -0.132. The minimum Gasteiger partial charge on any atom is -0.368 e. The highest BCUT2D eigenvalue weighted by Gasteiger charge is 2.22. The highest BCUT2D eigenvalue weighted by molar-refractivity contribution is 6.31. The summed E-state index contributed by atoms with van der Waals surface area (Å²) in [7, 11) is 0. The lowest BCUT2D eigenvalue weighted by Gasteiger charge is -2.37. The van der Waals surface area contributed by atoms with E-state index in [4.69, 9.17) is 23.2 Å². The van der Waals surface area contributed by atoms with Crippen LogP contribution in [0.25, 0.3) is 11.3 Å². The van der Waals surface area contributed by atoms with E-state index in [0.717, 1.165) is 29.9 Å². The van der Waals surface area contributed by atoms with Gasteiger partial charge < -0.3 is 9.80 Å². The van der Waals surface area contributed by atoms with E-state index in [9.17, 15) is 9.59 Å². The van der Waals surface area contributed by atoms with Crippen molar-refractivity contribution in [2.24, 2.45) is 0 Å². The largest absolute Gasteiger partial charge is 0.368 e. The molecule has 1 amide bonds. The summed E-state index contributed by atoms with van der Waals surface area (Å²) in [4.78, 5) is 33.6. The summed E-state index contributed by atoms with van der Waals surface area (Å²) in [6, 6.07) is 14.4. The predicted molar refractivity (Wildman–Crippen MR) is 124 cm³/mol. The second-order valence-corrected chi connectivity index (χ2v) is 8.42. The van der Waals surface area contributed by atoms with Crippen molar-refractivity contribution in [2.75, 3.05) is 31.1 Å². The highest BCUT2D eigenvalue weighted by Crippen LogP contribution is 2.25. The van der Waals surface area contributed by atoms with Crippen LogP contribution in [-0.2, 0) is 11.3 Å². The van der Waals surface area contributed by atoms with E-state index < -0.39 is 0 Å². The molecule has 4 rings (SSSR count). The molecule has 1 fully saturated rings. The Hall–Kier alpha value is -2.83. The monoisotopic (exact) mass is 456 g/mol. The van der Waals surface area contributed by atoms with E-state index in [1.807, 2.05) is 18.2 Å². The van der Waals surface area contributed by atoms with Crippen molar-refractivity contribution in [3.8, 4) is 11.3 Å². The summed E-state index contributed by atoms with van der Waals surface area (Å²) in [5.41, 5.74) is 3.34. The Kier molecular flexibility index (Phi) is 6.30. The van der Waals surface area contributed by atoms with Gasteiger partial charge in [0.1, 0.15) is 6.54 Å². The maximum Gasteiger partial charge on any atom is 0.254 e. The maximum atomic E-state index is 12.8. The molecular weight excluding hydrogens is 435 g/mol. The number of carbonyl (C=O) groups is 1. The molecule has 1 aliphatic rings. The molecule has 0 N–H and O–H groups in total. The fourth-order valence-corrected chi connectivity index (χ4v) is 3.98. The Morgan fingerprint density at radius 3 is 2.32 bits per heavy atom. The third-order valence-corrected chi connectivity index (χ3v) is 5.96. The Labute approximate surface area is 190 Å². The molecule has 0 unspecified atom stereocenters. The van der Waals surface area contributed by atoms with Gasteiger partial charge in [-0.2, -0.15) is 0 Å². The molecule has 1 aromatic heterocycles. The van der Waals surface area contributed by atoms with Gasteiger partial charge in [-0.15, -0.1) is 0 Å². The number of piperazine rings is 1. The fraction of sp³-hybridized carbons (Fsp3) is 0.261. The lowest BCUT2D eigenvalue weighted by atomic mass is 10.1. The highest BCUT2D eigenvalue weighted by atomic mass is 35.5. The van der Waals surface area contributed by atoms with E-state index in [1.54, 1.807) is 29.2 Å². The first-order valence-electron chi connectivity index (χ1n) is 10.0. The van der Waals surface area contributed by atoms with Crippen LogP contribution in [0.5, 0.6) is 0 Å². The molecular formula is C23H22Cl2N4O2. The minimum atomic E-state index is -0.263. The summed E-state index contributed by atoms with van der Waals surface area (Å²) in [6.07, 6.45) is 1.43. The number of nitrogens with zero attached hydrogens (tertiary/aromatic N) is 4. The average Bonchev–Trinajstić information content (AvgIpc) is 2.77. The number of benzene rings is 2. The van der Waals surface area contributed by atoms with Crippen LogP contribution in [0.1, 0.15) is 5.56 Å². The van der Waals surface area contributed by atoms with E-state index in [0.29, 0.717) is 28.8 Å². The van der Waals surface area contributed by atoms with E-state index in [1.165, 1.54) is 17.0 Å². The molecule has 0 atom stereocenters. The number of rotatable bonds is 4. The van der Waals surface area contributed by atoms with Crippen LogP contribution in [-0.4, -0.2) is 46.5 Å². The Morgan fingerprint density at radius 1 is 0.968 bits per heavy atom. The van der Waals surface area contributed by atoms with Crippen LogP contribution in [0.3, 0.4) is 0 Å². The molecule has 0 saturated carbocycles. The molecule has 6 nitrogen and oxygen atoms in total. The van der Waals surface area contributed by atoms with Gasteiger partial charge in [-0.25, -0.2) is 4.98 Å². The lowest BCUT2D eigenvalue weighted by Crippen LogP contribution is -2.50.